The van der Waals surface area contributed by atoms with Crippen molar-refractivity contribution in [2.75, 3.05) is 0 Å². The Labute approximate surface area is 242 Å². The zero-order valence-electron chi connectivity index (χ0n) is 22.5. The van der Waals surface area contributed by atoms with Crippen LogP contribution in [0.5, 0.6) is 11.5 Å². The Bertz CT molecular complexity index is 1920. The van der Waals surface area contributed by atoms with Gasteiger partial charge in [0.25, 0.3) is 0 Å². The molecule has 0 aliphatic rings. The molecular weight excluding hydrogens is 528 g/mol. The standard InChI is InChI=1S/C36H26O6/c37-35(38)26-16-12-23(13-17-26)21-41-32-20-28-7-2-4-10-30(28)33(31-11-5-8-25-6-1-3-9-29(25)31)34(32)42-22-24-14-18-27(19-15-24)36(39)40/h1-20H,21-22H2,(H,37,38)(H,39,40). The number of carboxylic acid groups (broad SMARTS) is 2. The quantitative estimate of drug-likeness (QED) is 0.187. The highest BCUT2D eigenvalue weighted by molar-refractivity contribution is 6.08. The Kier molecular flexibility index (Phi) is 7.26. The first-order chi connectivity index (χ1) is 20.5. The van der Waals surface area contributed by atoms with Gasteiger partial charge in [-0.15, -0.1) is 0 Å². The molecule has 2 N–H and O–H groups in total. The Balaban J connectivity index is 1.48. The predicted octanol–water partition coefficient (Wildman–Crippen LogP) is 8.21. The van der Waals surface area contributed by atoms with Gasteiger partial charge in [-0.2, -0.15) is 0 Å². The normalized spacial score (nSPS) is 11.0. The second kappa shape index (κ2) is 11.5. The SMILES string of the molecule is O=C(O)c1ccc(COc2cc3ccccc3c(-c3cccc4ccccc34)c2OCc2ccc(C(=O)O)cc2)cc1. The van der Waals surface area contributed by atoms with Crippen molar-refractivity contribution in [3.8, 4) is 22.6 Å². The summed E-state index contributed by atoms with van der Waals surface area (Å²) in [5, 5.41) is 22.7. The minimum Gasteiger partial charge on any atom is -0.485 e. The van der Waals surface area contributed by atoms with Crippen LogP contribution in [-0.2, 0) is 13.2 Å². The molecule has 0 atom stereocenters. The van der Waals surface area contributed by atoms with E-state index in [4.69, 9.17) is 9.47 Å². The van der Waals surface area contributed by atoms with Gasteiger partial charge in [-0.1, -0.05) is 91.0 Å². The van der Waals surface area contributed by atoms with Crippen LogP contribution in [0, 0.1) is 0 Å². The van der Waals surface area contributed by atoms with Gasteiger partial charge in [-0.25, -0.2) is 9.59 Å². The zero-order chi connectivity index (χ0) is 29.1. The Morgan fingerprint density at radius 1 is 0.548 bits per heavy atom. The molecule has 0 fully saturated rings. The van der Waals surface area contributed by atoms with Crippen molar-refractivity contribution in [2.24, 2.45) is 0 Å². The Morgan fingerprint density at radius 3 is 1.69 bits per heavy atom. The number of hydrogen-bond donors (Lipinski definition) is 2. The van der Waals surface area contributed by atoms with E-state index in [1.165, 1.54) is 0 Å². The number of aromatic carboxylic acids is 2. The summed E-state index contributed by atoms with van der Waals surface area (Å²) in [6, 6.07) is 37.6. The molecule has 0 amide bonds. The van der Waals surface area contributed by atoms with E-state index in [0.29, 0.717) is 11.5 Å². The van der Waals surface area contributed by atoms with Crippen LogP contribution in [0.15, 0.2) is 121 Å². The lowest BCUT2D eigenvalue weighted by Crippen LogP contribution is -2.04. The minimum absolute atomic E-state index is 0.194. The van der Waals surface area contributed by atoms with Gasteiger partial charge in [-0.3, -0.25) is 0 Å². The summed E-state index contributed by atoms with van der Waals surface area (Å²) < 4.78 is 12.9. The van der Waals surface area contributed by atoms with Crippen molar-refractivity contribution >= 4 is 33.5 Å². The number of fused-ring (bicyclic) bond motifs is 2. The summed E-state index contributed by atoms with van der Waals surface area (Å²) in [5.74, 6) is -0.860. The van der Waals surface area contributed by atoms with Crippen LogP contribution in [0.3, 0.4) is 0 Å². The van der Waals surface area contributed by atoms with Crippen LogP contribution in [0.1, 0.15) is 31.8 Å². The van der Waals surface area contributed by atoms with Crippen molar-refractivity contribution in [3.63, 3.8) is 0 Å². The molecule has 0 aromatic heterocycles. The van der Waals surface area contributed by atoms with Gasteiger partial charge in [0.05, 0.1) is 11.1 Å². The van der Waals surface area contributed by atoms with Gasteiger partial charge in [0.2, 0.25) is 0 Å². The number of rotatable bonds is 9. The first kappa shape index (κ1) is 26.6. The molecule has 6 aromatic carbocycles. The molecule has 0 spiro atoms. The molecule has 42 heavy (non-hydrogen) atoms. The Hall–Kier alpha value is -5.62. The molecule has 6 aromatic rings. The maximum absolute atomic E-state index is 11.3. The molecule has 206 valence electrons. The number of carbonyl (C=O) groups is 2. The number of carboxylic acids is 2. The largest absolute Gasteiger partial charge is 0.485 e. The third-order valence-corrected chi connectivity index (χ3v) is 7.21. The zero-order valence-corrected chi connectivity index (χ0v) is 22.5. The van der Waals surface area contributed by atoms with Crippen molar-refractivity contribution < 1.29 is 29.3 Å². The molecule has 6 rings (SSSR count). The van der Waals surface area contributed by atoms with E-state index < -0.39 is 11.9 Å². The second-order valence-corrected chi connectivity index (χ2v) is 9.91. The lowest BCUT2D eigenvalue weighted by molar-refractivity contribution is 0.0686. The first-order valence-electron chi connectivity index (χ1n) is 13.4. The molecule has 6 nitrogen and oxygen atoms in total. The summed E-state index contributed by atoms with van der Waals surface area (Å²) in [4.78, 5) is 22.6. The van der Waals surface area contributed by atoms with Crippen LogP contribution in [0.25, 0.3) is 32.7 Å². The monoisotopic (exact) mass is 554 g/mol. The summed E-state index contributed by atoms with van der Waals surface area (Å²) in [7, 11) is 0. The third kappa shape index (κ3) is 5.38. The number of benzene rings is 6. The summed E-state index contributed by atoms with van der Waals surface area (Å²) in [5.41, 5.74) is 3.93. The molecule has 0 unspecified atom stereocenters. The van der Waals surface area contributed by atoms with Crippen LogP contribution in [0.2, 0.25) is 0 Å². The molecule has 0 saturated heterocycles. The van der Waals surface area contributed by atoms with Crippen LogP contribution >= 0.6 is 0 Å². The second-order valence-electron chi connectivity index (χ2n) is 9.91. The van der Waals surface area contributed by atoms with Crippen LogP contribution in [0.4, 0.5) is 0 Å². The van der Waals surface area contributed by atoms with Gasteiger partial charge in [0.1, 0.15) is 13.2 Å². The predicted molar refractivity (Wildman–Crippen MR) is 162 cm³/mol. The highest BCUT2D eigenvalue weighted by Crippen LogP contribution is 2.46. The fourth-order valence-corrected chi connectivity index (χ4v) is 5.07. The van der Waals surface area contributed by atoms with E-state index in [-0.39, 0.29) is 24.3 Å². The molecule has 0 bridgehead atoms. The minimum atomic E-state index is -0.984. The third-order valence-electron chi connectivity index (χ3n) is 7.21. The first-order valence-corrected chi connectivity index (χ1v) is 13.4. The Morgan fingerprint density at radius 2 is 1.07 bits per heavy atom. The molecule has 0 aliphatic carbocycles. The van der Waals surface area contributed by atoms with Gasteiger partial charge in [0.15, 0.2) is 11.5 Å². The fraction of sp³-hybridized carbons (Fsp3) is 0.0556. The average molecular weight is 555 g/mol. The van der Waals surface area contributed by atoms with Gasteiger partial charge in [0, 0.05) is 5.56 Å². The topological polar surface area (TPSA) is 93.1 Å². The van der Waals surface area contributed by atoms with Crippen molar-refractivity contribution in [1.29, 1.82) is 0 Å². The molecular formula is C36H26O6. The van der Waals surface area contributed by atoms with E-state index in [9.17, 15) is 19.8 Å². The van der Waals surface area contributed by atoms with Crippen molar-refractivity contribution in [1.82, 2.24) is 0 Å². The van der Waals surface area contributed by atoms with E-state index in [1.54, 1.807) is 48.5 Å². The highest BCUT2D eigenvalue weighted by Gasteiger charge is 2.20. The maximum Gasteiger partial charge on any atom is 0.335 e. The van der Waals surface area contributed by atoms with Crippen molar-refractivity contribution in [2.45, 2.75) is 13.2 Å². The summed E-state index contributed by atoms with van der Waals surface area (Å²) >= 11 is 0. The lowest BCUT2D eigenvalue weighted by atomic mass is 9.92. The van der Waals surface area contributed by atoms with E-state index >= 15 is 0 Å². The lowest BCUT2D eigenvalue weighted by Gasteiger charge is -2.20. The number of hydrogen-bond acceptors (Lipinski definition) is 4. The molecule has 0 saturated carbocycles. The van der Waals surface area contributed by atoms with E-state index in [1.807, 2.05) is 42.5 Å². The average Bonchev–Trinajstić information content (AvgIpc) is 3.02. The number of ether oxygens (including phenoxy) is 2. The molecule has 0 aliphatic heterocycles. The smallest absolute Gasteiger partial charge is 0.335 e. The maximum atomic E-state index is 11.3. The molecule has 0 heterocycles. The highest BCUT2D eigenvalue weighted by atomic mass is 16.5. The van der Waals surface area contributed by atoms with Crippen LogP contribution < -0.4 is 9.47 Å². The summed E-state index contributed by atoms with van der Waals surface area (Å²) in [6.45, 7) is 0.399. The van der Waals surface area contributed by atoms with Gasteiger partial charge in [-0.05, 0) is 68.6 Å². The molecule has 0 radical (unpaired) electrons. The van der Waals surface area contributed by atoms with E-state index in [2.05, 4.69) is 30.3 Å². The summed E-state index contributed by atoms with van der Waals surface area (Å²) in [6.07, 6.45) is 0. The molecule has 6 heteroatoms. The van der Waals surface area contributed by atoms with Gasteiger partial charge >= 0.3 is 11.9 Å². The van der Waals surface area contributed by atoms with E-state index in [0.717, 1.165) is 43.8 Å². The van der Waals surface area contributed by atoms with Crippen molar-refractivity contribution in [3.05, 3.63) is 144 Å². The van der Waals surface area contributed by atoms with Crippen LogP contribution in [-0.4, -0.2) is 22.2 Å². The fourth-order valence-electron chi connectivity index (χ4n) is 5.07. The van der Waals surface area contributed by atoms with Gasteiger partial charge < -0.3 is 19.7 Å².